The van der Waals surface area contributed by atoms with Crippen molar-refractivity contribution >= 4 is 0 Å². The van der Waals surface area contributed by atoms with Crippen molar-refractivity contribution in [2.45, 2.75) is 88.9 Å². The van der Waals surface area contributed by atoms with E-state index in [1.165, 1.54) is 64.2 Å². The van der Waals surface area contributed by atoms with Crippen LogP contribution in [0.4, 0.5) is 0 Å². The zero-order chi connectivity index (χ0) is 11.7. The lowest BCUT2D eigenvalue weighted by Gasteiger charge is -2.56. The van der Waals surface area contributed by atoms with Gasteiger partial charge in [0, 0.05) is 11.8 Å². The van der Waals surface area contributed by atoms with Gasteiger partial charge in [0.05, 0.1) is 18.3 Å². The van der Waals surface area contributed by atoms with Crippen LogP contribution in [0.3, 0.4) is 0 Å². The quantitative estimate of drug-likeness (QED) is 0.798. The maximum Gasteiger partial charge on any atom is 0.0684 e. The molecule has 1 spiro atoms. The highest BCUT2D eigenvalue weighted by Crippen LogP contribution is 2.53. The SMILES string of the molecule is OC1CC(OC2CCCCC2)C12CCCCC2. The molecule has 2 nitrogen and oxygen atoms in total. The summed E-state index contributed by atoms with van der Waals surface area (Å²) < 4.78 is 6.33. The Bertz CT molecular complexity index is 252. The molecule has 3 fully saturated rings. The molecule has 3 aliphatic rings. The summed E-state index contributed by atoms with van der Waals surface area (Å²) in [7, 11) is 0. The first-order valence-corrected chi connectivity index (χ1v) is 7.65. The van der Waals surface area contributed by atoms with E-state index in [9.17, 15) is 5.11 Å². The molecular formula is C15H26O2. The number of ether oxygens (including phenoxy) is 1. The minimum Gasteiger partial charge on any atom is -0.392 e. The average Bonchev–Trinajstić information content (AvgIpc) is 2.41. The van der Waals surface area contributed by atoms with Crippen molar-refractivity contribution < 1.29 is 9.84 Å². The smallest absolute Gasteiger partial charge is 0.0684 e. The van der Waals surface area contributed by atoms with E-state index in [0.29, 0.717) is 12.2 Å². The van der Waals surface area contributed by atoms with Crippen LogP contribution < -0.4 is 0 Å². The van der Waals surface area contributed by atoms with Gasteiger partial charge in [-0.05, 0) is 25.7 Å². The van der Waals surface area contributed by atoms with Crippen molar-refractivity contribution in [3.8, 4) is 0 Å². The molecule has 0 aliphatic heterocycles. The molecule has 0 heterocycles. The summed E-state index contributed by atoms with van der Waals surface area (Å²) in [5, 5.41) is 10.1. The van der Waals surface area contributed by atoms with Crippen LogP contribution in [0.1, 0.15) is 70.6 Å². The Balaban J connectivity index is 1.59. The van der Waals surface area contributed by atoms with E-state index in [1.807, 2.05) is 0 Å². The third-order valence-corrected chi connectivity index (χ3v) is 5.44. The normalized spacial score (nSPS) is 37.9. The maximum atomic E-state index is 10.1. The molecule has 0 aromatic rings. The molecule has 0 bridgehead atoms. The first-order valence-electron chi connectivity index (χ1n) is 7.65. The summed E-state index contributed by atoms with van der Waals surface area (Å²) in [4.78, 5) is 0. The predicted octanol–water partition coefficient (Wildman–Crippen LogP) is 3.42. The summed E-state index contributed by atoms with van der Waals surface area (Å²) in [5.41, 5.74) is 0.162. The fraction of sp³-hybridized carbons (Fsp3) is 1.00. The molecule has 3 saturated carbocycles. The van der Waals surface area contributed by atoms with Gasteiger partial charge >= 0.3 is 0 Å². The Labute approximate surface area is 105 Å². The lowest BCUT2D eigenvalue weighted by atomic mass is 9.56. The van der Waals surface area contributed by atoms with Crippen LogP contribution in [0.15, 0.2) is 0 Å². The van der Waals surface area contributed by atoms with E-state index in [-0.39, 0.29) is 11.5 Å². The molecule has 2 atom stereocenters. The van der Waals surface area contributed by atoms with Gasteiger partial charge in [0.1, 0.15) is 0 Å². The van der Waals surface area contributed by atoms with E-state index in [4.69, 9.17) is 4.74 Å². The second kappa shape index (κ2) is 4.89. The average molecular weight is 238 g/mol. The molecule has 0 aromatic carbocycles. The largest absolute Gasteiger partial charge is 0.392 e. The lowest BCUT2D eigenvalue weighted by Crippen LogP contribution is -2.59. The Morgan fingerprint density at radius 2 is 1.53 bits per heavy atom. The van der Waals surface area contributed by atoms with Crippen LogP contribution in [0.2, 0.25) is 0 Å². The highest BCUT2D eigenvalue weighted by molar-refractivity contribution is 5.05. The Morgan fingerprint density at radius 1 is 0.882 bits per heavy atom. The van der Waals surface area contributed by atoms with E-state index >= 15 is 0 Å². The third-order valence-electron chi connectivity index (χ3n) is 5.44. The van der Waals surface area contributed by atoms with Crippen LogP contribution >= 0.6 is 0 Å². The number of aliphatic hydroxyl groups is 1. The minimum absolute atomic E-state index is 0.0728. The number of aliphatic hydroxyl groups excluding tert-OH is 1. The van der Waals surface area contributed by atoms with Crippen LogP contribution in [0.5, 0.6) is 0 Å². The van der Waals surface area contributed by atoms with Gasteiger partial charge in [-0.25, -0.2) is 0 Å². The number of hydrogen-bond donors (Lipinski definition) is 1. The first kappa shape index (κ1) is 12.0. The van der Waals surface area contributed by atoms with Crippen molar-refractivity contribution in [1.82, 2.24) is 0 Å². The third kappa shape index (κ3) is 2.15. The molecule has 0 amide bonds. The second-order valence-corrected chi connectivity index (χ2v) is 6.43. The van der Waals surface area contributed by atoms with Gasteiger partial charge in [-0.2, -0.15) is 0 Å². The highest BCUT2D eigenvalue weighted by Gasteiger charge is 2.55. The van der Waals surface area contributed by atoms with Crippen molar-refractivity contribution in [3.63, 3.8) is 0 Å². The van der Waals surface area contributed by atoms with Crippen LogP contribution in [0, 0.1) is 5.41 Å². The zero-order valence-electron chi connectivity index (χ0n) is 10.9. The van der Waals surface area contributed by atoms with Gasteiger partial charge in [0.15, 0.2) is 0 Å². The summed E-state index contributed by atoms with van der Waals surface area (Å²) >= 11 is 0. The molecule has 2 heteroatoms. The summed E-state index contributed by atoms with van der Waals surface area (Å²) in [5.74, 6) is 0. The molecule has 2 unspecified atom stereocenters. The highest BCUT2D eigenvalue weighted by atomic mass is 16.5. The van der Waals surface area contributed by atoms with Crippen molar-refractivity contribution in [2.24, 2.45) is 5.41 Å². The van der Waals surface area contributed by atoms with E-state index in [0.717, 1.165) is 6.42 Å². The van der Waals surface area contributed by atoms with Gasteiger partial charge in [0.25, 0.3) is 0 Å². The summed E-state index contributed by atoms with van der Waals surface area (Å²) in [6.45, 7) is 0. The molecule has 0 aromatic heterocycles. The van der Waals surface area contributed by atoms with Crippen LogP contribution in [-0.2, 0) is 4.74 Å². The van der Waals surface area contributed by atoms with Gasteiger partial charge < -0.3 is 9.84 Å². The summed E-state index contributed by atoms with van der Waals surface area (Å²) in [6.07, 6.45) is 14.6. The molecular weight excluding hydrogens is 212 g/mol. The molecule has 98 valence electrons. The van der Waals surface area contributed by atoms with E-state index in [1.54, 1.807) is 0 Å². The molecule has 3 rings (SSSR count). The molecule has 1 N–H and O–H groups in total. The van der Waals surface area contributed by atoms with Crippen molar-refractivity contribution in [3.05, 3.63) is 0 Å². The maximum absolute atomic E-state index is 10.1. The van der Waals surface area contributed by atoms with E-state index < -0.39 is 0 Å². The van der Waals surface area contributed by atoms with Gasteiger partial charge in [-0.1, -0.05) is 38.5 Å². The Morgan fingerprint density at radius 3 is 2.18 bits per heavy atom. The summed E-state index contributed by atoms with van der Waals surface area (Å²) in [6, 6.07) is 0. The predicted molar refractivity (Wildman–Crippen MR) is 67.9 cm³/mol. The van der Waals surface area contributed by atoms with Crippen molar-refractivity contribution in [2.75, 3.05) is 0 Å². The fourth-order valence-electron chi connectivity index (χ4n) is 4.22. The number of rotatable bonds is 2. The molecule has 17 heavy (non-hydrogen) atoms. The van der Waals surface area contributed by atoms with E-state index in [2.05, 4.69) is 0 Å². The van der Waals surface area contributed by atoms with Crippen molar-refractivity contribution in [1.29, 1.82) is 0 Å². The van der Waals surface area contributed by atoms with Crippen LogP contribution in [-0.4, -0.2) is 23.4 Å². The van der Waals surface area contributed by atoms with Crippen LogP contribution in [0.25, 0.3) is 0 Å². The fourth-order valence-corrected chi connectivity index (χ4v) is 4.22. The van der Waals surface area contributed by atoms with Gasteiger partial charge in [0.2, 0.25) is 0 Å². The molecule has 3 aliphatic carbocycles. The van der Waals surface area contributed by atoms with Gasteiger partial charge in [-0.15, -0.1) is 0 Å². The Kier molecular flexibility index (Phi) is 3.45. The number of hydrogen-bond acceptors (Lipinski definition) is 2. The van der Waals surface area contributed by atoms with Gasteiger partial charge in [-0.3, -0.25) is 0 Å². The lowest BCUT2D eigenvalue weighted by molar-refractivity contribution is -0.225. The molecule has 0 radical (unpaired) electrons. The zero-order valence-corrected chi connectivity index (χ0v) is 10.9. The standard InChI is InChI=1S/C15H26O2/c16-13-11-14(15(13)9-5-2-6-10-15)17-12-7-3-1-4-8-12/h12-14,16H,1-11H2. The topological polar surface area (TPSA) is 29.5 Å². The molecule has 0 saturated heterocycles. The minimum atomic E-state index is -0.0728. The first-order chi connectivity index (χ1) is 8.31. The second-order valence-electron chi connectivity index (χ2n) is 6.43. The Hall–Kier alpha value is -0.0800. The monoisotopic (exact) mass is 238 g/mol.